The van der Waals surface area contributed by atoms with Crippen molar-refractivity contribution in [1.82, 2.24) is 0 Å². The number of ether oxygens (including phenoxy) is 1. The predicted octanol–water partition coefficient (Wildman–Crippen LogP) is 6.79. The molecule has 1 saturated heterocycles. The third kappa shape index (κ3) is 6.36. The van der Waals surface area contributed by atoms with Crippen LogP contribution in [0.15, 0.2) is 75.9 Å². The lowest BCUT2D eigenvalue weighted by Crippen LogP contribution is -2.38. The molecular weight excluding hydrogens is 528 g/mol. The van der Waals surface area contributed by atoms with Gasteiger partial charge in [-0.3, -0.25) is 4.79 Å². The summed E-state index contributed by atoms with van der Waals surface area (Å²) in [5, 5.41) is 13.8. The van der Waals surface area contributed by atoms with Gasteiger partial charge in [0.2, 0.25) is 5.88 Å². The van der Waals surface area contributed by atoms with Crippen LogP contribution in [0.25, 0.3) is 11.0 Å². The van der Waals surface area contributed by atoms with Gasteiger partial charge in [0.15, 0.2) is 5.43 Å². The lowest BCUT2D eigenvalue weighted by molar-refractivity contribution is 0.0474. The zero-order valence-electron chi connectivity index (χ0n) is 24.9. The SMILES string of the molecule is Cc1cc([C@@H](C)Nc2ccccc2C(=O)OCc2ccccc2)c2oc(N3CCC(C)(C)CC3)c(CCO)c(=O)c2c1. The third-order valence-corrected chi connectivity index (χ3v) is 8.20. The number of carbonyl (C=O) groups is 1. The number of piperidine rings is 1. The number of aliphatic hydroxyl groups is 1. The molecule has 0 spiro atoms. The Bertz CT molecular complexity index is 1620. The standard InChI is InChI=1S/C35H40N2O5/c1-23-20-28(24(2)36-30-13-9-8-12-26(30)34(40)41-22-25-10-6-5-7-11-25)32-29(21-23)31(39)27(14-19-38)33(42-32)37-17-15-35(3,4)16-18-37/h5-13,20-21,24,36,38H,14-19,22H2,1-4H3/t24-/m1/s1. The van der Waals surface area contributed by atoms with E-state index in [9.17, 15) is 14.7 Å². The summed E-state index contributed by atoms with van der Waals surface area (Å²) >= 11 is 0. The van der Waals surface area contributed by atoms with E-state index in [-0.39, 0.29) is 36.5 Å². The van der Waals surface area contributed by atoms with Gasteiger partial charge in [0.25, 0.3) is 0 Å². The molecule has 1 aliphatic heterocycles. The highest BCUT2D eigenvalue weighted by molar-refractivity contribution is 5.96. The number of benzene rings is 3. The van der Waals surface area contributed by atoms with Crippen LogP contribution in [-0.2, 0) is 17.8 Å². The van der Waals surface area contributed by atoms with Gasteiger partial charge in [-0.2, -0.15) is 0 Å². The average Bonchev–Trinajstić information content (AvgIpc) is 2.98. The fourth-order valence-electron chi connectivity index (χ4n) is 5.63. The summed E-state index contributed by atoms with van der Waals surface area (Å²) < 4.78 is 12.2. The number of aliphatic hydroxyl groups excluding tert-OH is 1. The van der Waals surface area contributed by atoms with Crippen LogP contribution in [0.2, 0.25) is 0 Å². The minimum Gasteiger partial charge on any atom is -0.457 e. The number of para-hydroxylation sites is 1. The van der Waals surface area contributed by atoms with E-state index in [0.29, 0.717) is 33.7 Å². The fraction of sp³-hybridized carbons (Fsp3) is 0.371. The molecule has 7 heteroatoms. The van der Waals surface area contributed by atoms with Gasteiger partial charge in [0, 0.05) is 37.4 Å². The highest BCUT2D eigenvalue weighted by Crippen LogP contribution is 2.36. The van der Waals surface area contributed by atoms with Gasteiger partial charge < -0.3 is 24.5 Å². The smallest absolute Gasteiger partial charge is 0.340 e. The number of nitrogens with zero attached hydrogens (tertiary/aromatic N) is 1. The van der Waals surface area contributed by atoms with Crippen molar-refractivity contribution in [3.8, 4) is 0 Å². The molecule has 2 N–H and O–H groups in total. The first-order valence-corrected chi connectivity index (χ1v) is 14.7. The van der Waals surface area contributed by atoms with E-state index in [1.54, 1.807) is 6.07 Å². The van der Waals surface area contributed by atoms with Crippen LogP contribution in [-0.4, -0.2) is 30.8 Å². The van der Waals surface area contributed by atoms with Gasteiger partial charge >= 0.3 is 5.97 Å². The summed E-state index contributed by atoms with van der Waals surface area (Å²) in [7, 11) is 0. The van der Waals surface area contributed by atoms with E-state index >= 15 is 0 Å². The summed E-state index contributed by atoms with van der Waals surface area (Å²) in [6, 6.07) is 20.4. The van der Waals surface area contributed by atoms with Crippen LogP contribution < -0.4 is 15.6 Å². The summed E-state index contributed by atoms with van der Waals surface area (Å²) in [5.74, 6) is 0.137. The molecule has 3 aromatic carbocycles. The normalized spacial score (nSPS) is 15.4. The molecule has 1 aromatic heterocycles. The number of anilines is 2. The highest BCUT2D eigenvalue weighted by Gasteiger charge is 2.30. The quantitative estimate of drug-likeness (QED) is 0.215. The maximum absolute atomic E-state index is 13.8. The van der Waals surface area contributed by atoms with Crippen molar-refractivity contribution in [2.24, 2.45) is 5.41 Å². The zero-order valence-corrected chi connectivity index (χ0v) is 24.9. The number of nitrogens with one attached hydrogen (secondary N) is 1. The lowest BCUT2D eigenvalue weighted by atomic mass is 9.82. The van der Waals surface area contributed by atoms with E-state index in [4.69, 9.17) is 9.15 Å². The molecule has 0 amide bonds. The first kappa shape index (κ1) is 29.4. The van der Waals surface area contributed by atoms with Gasteiger partial charge in [-0.1, -0.05) is 62.4 Å². The molecule has 7 nitrogen and oxygen atoms in total. The number of rotatable bonds is 9. The van der Waals surface area contributed by atoms with E-state index in [1.807, 2.05) is 74.5 Å². The molecule has 0 bridgehead atoms. The number of hydrogen-bond acceptors (Lipinski definition) is 7. The van der Waals surface area contributed by atoms with E-state index in [0.717, 1.165) is 42.6 Å². The number of carbonyl (C=O) groups excluding carboxylic acids is 1. The average molecular weight is 569 g/mol. The Balaban J connectivity index is 1.49. The Kier molecular flexibility index (Phi) is 8.69. The number of fused-ring (bicyclic) bond motifs is 1. The second-order valence-electron chi connectivity index (χ2n) is 12.0. The molecule has 1 fully saturated rings. The minimum absolute atomic E-state index is 0.104. The molecule has 0 aliphatic carbocycles. The van der Waals surface area contributed by atoms with Gasteiger partial charge in [-0.05, 0) is 61.4 Å². The molecule has 5 rings (SSSR count). The van der Waals surface area contributed by atoms with Gasteiger partial charge in [-0.15, -0.1) is 0 Å². The Hall–Kier alpha value is -4.10. The minimum atomic E-state index is -0.418. The summed E-state index contributed by atoms with van der Waals surface area (Å²) in [6.45, 7) is 10.1. The summed E-state index contributed by atoms with van der Waals surface area (Å²) in [5.41, 5.74) is 4.91. The van der Waals surface area contributed by atoms with Crippen molar-refractivity contribution < 1.29 is 19.1 Å². The molecule has 4 aromatic rings. The van der Waals surface area contributed by atoms with Crippen LogP contribution in [0.1, 0.15) is 72.3 Å². The maximum Gasteiger partial charge on any atom is 0.340 e. The molecule has 0 radical (unpaired) electrons. The molecule has 42 heavy (non-hydrogen) atoms. The lowest BCUT2D eigenvalue weighted by Gasteiger charge is -2.37. The predicted molar refractivity (Wildman–Crippen MR) is 167 cm³/mol. The van der Waals surface area contributed by atoms with Crippen molar-refractivity contribution >= 4 is 28.5 Å². The second kappa shape index (κ2) is 12.4. The first-order valence-electron chi connectivity index (χ1n) is 14.7. The van der Waals surface area contributed by atoms with Crippen LogP contribution >= 0.6 is 0 Å². The largest absolute Gasteiger partial charge is 0.457 e. The van der Waals surface area contributed by atoms with Crippen molar-refractivity contribution in [3.05, 3.63) is 105 Å². The van der Waals surface area contributed by atoms with Crippen molar-refractivity contribution in [3.63, 3.8) is 0 Å². The van der Waals surface area contributed by atoms with E-state index in [2.05, 4.69) is 24.1 Å². The van der Waals surface area contributed by atoms with Gasteiger partial charge in [0.1, 0.15) is 12.2 Å². The Morgan fingerprint density at radius 1 is 1.07 bits per heavy atom. The van der Waals surface area contributed by atoms with Crippen molar-refractivity contribution in [1.29, 1.82) is 0 Å². The first-order chi connectivity index (χ1) is 20.2. The van der Waals surface area contributed by atoms with Gasteiger partial charge in [-0.25, -0.2) is 4.79 Å². The number of esters is 1. The molecule has 0 saturated carbocycles. The van der Waals surface area contributed by atoms with Gasteiger partial charge in [0.05, 0.1) is 22.6 Å². The summed E-state index contributed by atoms with van der Waals surface area (Å²) in [6.07, 6.45) is 2.22. The summed E-state index contributed by atoms with van der Waals surface area (Å²) in [4.78, 5) is 29.1. The Labute approximate surface area is 247 Å². The van der Waals surface area contributed by atoms with Crippen LogP contribution in [0.4, 0.5) is 11.6 Å². The van der Waals surface area contributed by atoms with Crippen LogP contribution in [0.5, 0.6) is 0 Å². The highest BCUT2D eigenvalue weighted by atomic mass is 16.5. The topological polar surface area (TPSA) is 92.0 Å². The van der Waals surface area contributed by atoms with Crippen LogP contribution in [0, 0.1) is 12.3 Å². The van der Waals surface area contributed by atoms with E-state index in [1.165, 1.54) is 0 Å². The van der Waals surface area contributed by atoms with E-state index < -0.39 is 5.97 Å². The second-order valence-corrected chi connectivity index (χ2v) is 12.0. The molecule has 1 aliphatic rings. The molecule has 1 atom stereocenters. The molecule has 0 unspecified atom stereocenters. The maximum atomic E-state index is 13.8. The monoisotopic (exact) mass is 568 g/mol. The molecular formula is C35H40N2O5. The number of aryl methyl sites for hydroxylation is 1. The van der Waals surface area contributed by atoms with Crippen LogP contribution in [0.3, 0.4) is 0 Å². The fourth-order valence-corrected chi connectivity index (χ4v) is 5.63. The Morgan fingerprint density at radius 2 is 1.76 bits per heavy atom. The number of hydrogen-bond donors (Lipinski definition) is 2. The van der Waals surface area contributed by atoms with Crippen molar-refractivity contribution in [2.45, 2.75) is 59.6 Å². The molecule has 2 heterocycles. The van der Waals surface area contributed by atoms with Crippen molar-refractivity contribution in [2.75, 3.05) is 29.9 Å². The third-order valence-electron chi connectivity index (χ3n) is 8.20. The molecule has 220 valence electrons. The zero-order chi connectivity index (χ0) is 29.9. The Morgan fingerprint density at radius 3 is 2.48 bits per heavy atom.